The zero-order chi connectivity index (χ0) is 19.3. The van der Waals surface area contributed by atoms with E-state index in [2.05, 4.69) is 21.2 Å². The van der Waals surface area contributed by atoms with Crippen molar-refractivity contribution in [1.82, 2.24) is 0 Å². The lowest BCUT2D eigenvalue weighted by Crippen LogP contribution is -2.14. The Morgan fingerprint density at radius 3 is 2.58 bits per heavy atom. The molecule has 0 radical (unpaired) electrons. The van der Waals surface area contributed by atoms with Crippen molar-refractivity contribution in [3.05, 3.63) is 63.6 Å². The number of rotatable bonds is 4. The van der Waals surface area contributed by atoms with Crippen LogP contribution in [0.1, 0.15) is 11.1 Å². The number of alkyl halides is 3. The summed E-state index contributed by atoms with van der Waals surface area (Å²) in [5, 5.41) is 11.5. The second-order valence-corrected chi connectivity index (χ2v) is 5.95. The molecule has 1 amide bonds. The van der Waals surface area contributed by atoms with Crippen LogP contribution in [-0.2, 0) is 11.0 Å². The molecule has 0 unspecified atom stereocenters. The molecule has 0 saturated carbocycles. The number of methoxy groups -OCH3 is 1. The molecular formula is C18H12BrF3N2O2. The third-order valence-electron chi connectivity index (χ3n) is 3.30. The van der Waals surface area contributed by atoms with E-state index in [4.69, 9.17) is 4.74 Å². The number of halogens is 4. The van der Waals surface area contributed by atoms with Crippen molar-refractivity contribution in [2.45, 2.75) is 6.18 Å². The molecule has 0 atom stereocenters. The molecule has 1 N–H and O–H groups in total. The van der Waals surface area contributed by atoms with Gasteiger partial charge in [-0.25, -0.2) is 0 Å². The van der Waals surface area contributed by atoms with Gasteiger partial charge in [0, 0.05) is 5.69 Å². The molecule has 134 valence electrons. The van der Waals surface area contributed by atoms with Crippen LogP contribution in [0, 0.1) is 11.3 Å². The minimum absolute atomic E-state index is 0.0538. The summed E-state index contributed by atoms with van der Waals surface area (Å²) >= 11 is 3.29. The summed E-state index contributed by atoms with van der Waals surface area (Å²) in [4.78, 5) is 12.2. The fraction of sp³-hybridized carbons (Fsp3) is 0.111. The standard InChI is InChI=1S/C18H12BrF3N2O2/c1-26-16-6-5-11(8-15(16)19)7-12(10-23)17(25)24-14-4-2-3-13(9-14)18(20,21)22/h2-9H,1H3,(H,24,25)/b12-7+. The van der Waals surface area contributed by atoms with Crippen molar-refractivity contribution in [3.63, 3.8) is 0 Å². The number of carbonyl (C=O) groups excluding carboxylic acids is 1. The Balaban J connectivity index is 2.24. The predicted molar refractivity (Wildman–Crippen MR) is 94.4 cm³/mol. The smallest absolute Gasteiger partial charge is 0.416 e. The highest BCUT2D eigenvalue weighted by Gasteiger charge is 2.30. The molecule has 0 heterocycles. The highest BCUT2D eigenvalue weighted by molar-refractivity contribution is 9.10. The molecule has 0 saturated heterocycles. The molecule has 8 heteroatoms. The minimum Gasteiger partial charge on any atom is -0.496 e. The van der Waals surface area contributed by atoms with E-state index >= 15 is 0 Å². The number of hydrogen-bond donors (Lipinski definition) is 1. The molecule has 2 rings (SSSR count). The van der Waals surface area contributed by atoms with E-state index in [-0.39, 0.29) is 11.3 Å². The molecule has 0 aliphatic carbocycles. The van der Waals surface area contributed by atoms with Crippen molar-refractivity contribution < 1.29 is 22.7 Å². The fourth-order valence-corrected chi connectivity index (χ4v) is 2.62. The highest BCUT2D eigenvalue weighted by atomic mass is 79.9. The van der Waals surface area contributed by atoms with Gasteiger partial charge in [-0.15, -0.1) is 0 Å². The van der Waals surface area contributed by atoms with Crippen molar-refractivity contribution >= 4 is 33.6 Å². The molecular weight excluding hydrogens is 413 g/mol. The summed E-state index contributed by atoms with van der Waals surface area (Å²) in [7, 11) is 1.50. The van der Waals surface area contributed by atoms with Crippen LogP contribution in [0.3, 0.4) is 0 Å². The van der Waals surface area contributed by atoms with Crippen molar-refractivity contribution in [1.29, 1.82) is 5.26 Å². The van der Waals surface area contributed by atoms with Gasteiger partial charge in [0.1, 0.15) is 17.4 Å². The van der Waals surface area contributed by atoms with Crippen LogP contribution in [0.5, 0.6) is 5.75 Å². The summed E-state index contributed by atoms with van der Waals surface area (Å²) in [5.74, 6) is -0.229. The van der Waals surface area contributed by atoms with E-state index in [1.165, 1.54) is 25.3 Å². The number of nitrogens with zero attached hydrogens (tertiary/aromatic N) is 1. The SMILES string of the molecule is COc1ccc(/C=C(\C#N)C(=O)Nc2cccc(C(F)(F)F)c2)cc1Br. The maximum atomic E-state index is 12.7. The summed E-state index contributed by atoms with van der Waals surface area (Å²) in [6.07, 6.45) is -3.20. The predicted octanol–water partition coefficient (Wildman–Crippen LogP) is 5.02. The van der Waals surface area contributed by atoms with Gasteiger partial charge in [0.15, 0.2) is 0 Å². The zero-order valence-electron chi connectivity index (χ0n) is 13.4. The van der Waals surface area contributed by atoms with Crippen molar-refractivity contribution in [3.8, 4) is 11.8 Å². The van der Waals surface area contributed by atoms with Crippen molar-refractivity contribution in [2.24, 2.45) is 0 Å². The van der Waals surface area contributed by atoms with Gasteiger partial charge in [0.25, 0.3) is 5.91 Å². The van der Waals surface area contributed by atoms with Crippen LogP contribution < -0.4 is 10.1 Å². The number of hydrogen-bond acceptors (Lipinski definition) is 3. The average Bonchev–Trinajstić information content (AvgIpc) is 2.59. The second kappa shape index (κ2) is 8.06. The number of carbonyl (C=O) groups is 1. The van der Waals surface area contributed by atoms with Crippen LogP contribution in [0.15, 0.2) is 52.5 Å². The Labute approximate surface area is 156 Å². The Bertz CT molecular complexity index is 902. The Hall–Kier alpha value is -2.79. The van der Waals surface area contributed by atoms with Crippen LogP contribution in [0.4, 0.5) is 18.9 Å². The lowest BCUT2D eigenvalue weighted by Gasteiger charge is -2.09. The molecule has 0 fully saturated rings. The largest absolute Gasteiger partial charge is 0.496 e. The van der Waals surface area contributed by atoms with Crippen LogP contribution in [0.2, 0.25) is 0 Å². The third-order valence-corrected chi connectivity index (χ3v) is 3.92. The summed E-state index contributed by atoms with van der Waals surface area (Å²) in [6.45, 7) is 0. The van der Waals surface area contributed by atoms with E-state index in [1.54, 1.807) is 24.3 Å². The first kappa shape index (κ1) is 19.5. The third kappa shape index (κ3) is 4.86. The molecule has 0 aromatic heterocycles. The monoisotopic (exact) mass is 424 g/mol. The van der Waals surface area contributed by atoms with Gasteiger partial charge in [0.05, 0.1) is 17.1 Å². The van der Waals surface area contributed by atoms with E-state index in [9.17, 15) is 23.2 Å². The number of ether oxygens (including phenoxy) is 1. The molecule has 2 aromatic carbocycles. The summed E-state index contributed by atoms with van der Waals surface area (Å²) < 4.78 is 43.9. The van der Waals surface area contributed by atoms with Gasteiger partial charge >= 0.3 is 6.18 Å². The Kier molecular flexibility index (Phi) is 6.05. The Morgan fingerprint density at radius 2 is 2.00 bits per heavy atom. The topological polar surface area (TPSA) is 62.1 Å². The van der Waals surface area contributed by atoms with E-state index in [0.29, 0.717) is 15.8 Å². The molecule has 4 nitrogen and oxygen atoms in total. The molecule has 0 bridgehead atoms. The van der Waals surface area contributed by atoms with Crippen LogP contribution >= 0.6 is 15.9 Å². The van der Waals surface area contributed by atoms with Crippen LogP contribution in [-0.4, -0.2) is 13.0 Å². The number of nitrogens with one attached hydrogen (secondary N) is 1. The number of benzene rings is 2. The summed E-state index contributed by atoms with van der Waals surface area (Å²) in [5.41, 5.74) is -0.647. The molecule has 2 aromatic rings. The van der Waals surface area contributed by atoms with Gasteiger partial charge < -0.3 is 10.1 Å². The van der Waals surface area contributed by atoms with Crippen LogP contribution in [0.25, 0.3) is 6.08 Å². The second-order valence-electron chi connectivity index (χ2n) is 5.10. The van der Waals surface area contributed by atoms with E-state index in [1.807, 2.05) is 0 Å². The maximum Gasteiger partial charge on any atom is 0.416 e. The average molecular weight is 425 g/mol. The van der Waals surface area contributed by atoms with Gasteiger partial charge in [0.2, 0.25) is 0 Å². The maximum absolute atomic E-state index is 12.7. The van der Waals surface area contributed by atoms with Crippen molar-refractivity contribution in [2.75, 3.05) is 12.4 Å². The van der Waals surface area contributed by atoms with Gasteiger partial charge in [-0.05, 0) is 57.9 Å². The number of amides is 1. The number of anilines is 1. The first-order chi connectivity index (χ1) is 12.2. The quantitative estimate of drug-likeness (QED) is 0.553. The molecule has 0 aliphatic rings. The van der Waals surface area contributed by atoms with Gasteiger partial charge in [-0.3, -0.25) is 4.79 Å². The highest BCUT2D eigenvalue weighted by Crippen LogP contribution is 2.31. The van der Waals surface area contributed by atoms with Gasteiger partial charge in [-0.2, -0.15) is 18.4 Å². The summed E-state index contributed by atoms with van der Waals surface area (Å²) in [6, 6.07) is 10.9. The molecule has 0 spiro atoms. The fourth-order valence-electron chi connectivity index (χ4n) is 2.06. The first-order valence-corrected chi connectivity index (χ1v) is 7.98. The normalized spacial score (nSPS) is 11.6. The number of nitriles is 1. The first-order valence-electron chi connectivity index (χ1n) is 7.18. The Morgan fingerprint density at radius 1 is 1.27 bits per heavy atom. The lowest BCUT2D eigenvalue weighted by molar-refractivity contribution is -0.137. The molecule has 0 aliphatic heterocycles. The minimum atomic E-state index is -4.52. The van der Waals surface area contributed by atoms with E-state index in [0.717, 1.165) is 12.1 Å². The van der Waals surface area contributed by atoms with Gasteiger partial charge in [-0.1, -0.05) is 12.1 Å². The lowest BCUT2D eigenvalue weighted by atomic mass is 10.1. The zero-order valence-corrected chi connectivity index (χ0v) is 15.0. The van der Waals surface area contributed by atoms with E-state index < -0.39 is 17.6 Å². The molecule has 26 heavy (non-hydrogen) atoms.